The number of imidazole rings is 1. The summed E-state index contributed by atoms with van der Waals surface area (Å²) in [4.78, 5) is 7.07. The van der Waals surface area contributed by atoms with Crippen molar-refractivity contribution in [2.75, 3.05) is 0 Å². The lowest BCUT2D eigenvalue weighted by Crippen LogP contribution is -1.83. The first kappa shape index (κ1) is 8.57. The first-order valence-electron chi connectivity index (χ1n) is 4.27. The Hall–Kier alpha value is -2.02. The average Bonchev–Trinajstić information content (AvgIpc) is 2.74. The maximum Gasteiger partial charge on any atom is 0.152 e. The first-order chi connectivity index (χ1) is 6.79. The van der Waals surface area contributed by atoms with Crippen LogP contribution in [0.25, 0.3) is 11.5 Å². The highest BCUT2D eigenvalue weighted by molar-refractivity contribution is 5.51. The zero-order chi connectivity index (χ0) is 9.97. The summed E-state index contributed by atoms with van der Waals surface area (Å²) >= 11 is 0. The van der Waals surface area contributed by atoms with Crippen LogP contribution in [0.5, 0.6) is 0 Å². The molecule has 0 amide bonds. The van der Waals surface area contributed by atoms with Crippen molar-refractivity contribution in [3.05, 3.63) is 29.9 Å². The van der Waals surface area contributed by atoms with Crippen molar-refractivity contribution in [2.45, 2.75) is 13.3 Å². The van der Waals surface area contributed by atoms with Gasteiger partial charge in [-0.3, -0.25) is 0 Å². The van der Waals surface area contributed by atoms with E-state index >= 15 is 0 Å². The van der Waals surface area contributed by atoms with Crippen LogP contribution in [0.3, 0.4) is 0 Å². The topological polar surface area (TPSA) is 65.6 Å². The predicted molar refractivity (Wildman–Crippen MR) is 50.3 cm³/mol. The second-order valence-electron chi connectivity index (χ2n) is 2.99. The Labute approximate surface area is 81.2 Å². The van der Waals surface area contributed by atoms with Gasteiger partial charge in [0.15, 0.2) is 5.76 Å². The molecule has 2 heterocycles. The van der Waals surface area contributed by atoms with Crippen molar-refractivity contribution in [1.82, 2.24) is 9.97 Å². The molecular weight excluding hydrogens is 178 g/mol. The van der Waals surface area contributed by atoms with Gasteiger partial charge in [0.2, 0.25) is 0 Å². The van der Waals surface area contributed by atoms with Gasteiger partial charge >= 0.3 is 0 Å². The van der Waals surface area contributed by atoms with Crippen LogP contribution in [0, 0.1) is 18.3 Å². The summed E-state index contributed by atoms with van der Waals surface area (Å²) in [5.74, 6) is 2.27. The summed E-state index contributed by atoms with van der Waals surface area (Å²) in [7, 11) is 0. The lowest BCUT2D eigenvalue weighted by molar-refractivity contribution is 0.546. The highest BCUT2D eigenvalue weighted by Crippen LogP contribution is 2.19. The Morgan fingerprint density at radius 3 is 3.07 bits per heavy atom. The van der Waals surface area contributed by atoms with Crippen LogP contribution >= 0.6 is 0 Å². The molecule has 0 saturated carbocycles. The van der Waals surface area contributed by atoms with E-state index in [-0.39, 0.29) is 0 Å². The number of furan rings is 1. The van der Waals surface area contributed by atoms with Gasteiger partial charge in [-0.25, -0.2) is 4.98 Å². The van der Waals surface area contributed by atoms with Gasteiger partial charge in [-0.1, -0.05) is 0 Å². The predicted octanol–water partition coefficient (Wildman–Crippen LogP) is 2.04. The van der Waals surface area contributed by atoms with Crippen LogP contribution < -0.4 is 0 Å². The Bertz CT molecular complexity index is 476. The number of nitrogens with one attached hydrogen (secondary N) is 1. The van der Waals surface area contributed by atoms with E-state index in [1.165, 1.54) is 0 Å². The van der Waals surface area contributed by atoms with E-state index in [2.05, 4.69) is 9.97 Å². The van der Waals surface area contributed by atoms with Crippen LogP contribution in [-0.2, 0) is 6.42 Å². The average molecular weight is 187 g/mol. The van der Waals surface area contributed by atoms with Crippen molar-refractivity contribution < 1.29 is 4.42 Å². The molecule has 0 radical (unpaired) electrons. The summed E-state index contributed by atoms with van der Waals surface area (Å²) < 4.78 is 5.41. The monoisotopic (exact) mass is 187 g/mol. The standard InChI is InChI=1S/C10H9N3O/c1-7-2-3-9(14-7)8-6-12-10(13-8)4-5-11/h2-3,6H,4H2,1H3,(H,12,13). The fraction of sp³-hybridized carbons (Fsp3) is 0.200. The van der Waals surface area contributed by atoms with Crippen LogP contribution in [0.1, 0.15) is 11.6 Å². The Morgan fingerprint density at radius 2 is 2.43 bits per heavy atom. The molecule has 70 valence electrons. The maximum atomic E-state index is 8.47. The number of aryl methyl sites for hydroxylation is 1. The molecule has 1 N–H and O–H groups in total. The lowest BCUT2D eigenvalue weighted by Gasteiger charge is -1.89. The molecule has 4 heteroatoms. The van der Waals surface area contributed by atoms with Crippen LogP contribution in [-0.4, -0.2) is 9.97 Å². The zero-order valence-corrected chi connectivity index (χ0v) is 7.74. The summed E-state index contributed by atoms with van der Waals surface area (Å²) in [6.45, 7) is 1.88. The van der Waals surface area contributed by atoms with Crippen LogP contribution in [0.15, 0.2) is 22.7 Å². The molecule has 0 spiro atoms. The molecule has 0 aliphatic rings. The zero-order valence-electron chi connectivity index (χ0n) is 7.74. The largest absolute Gasteiger partial charge is 0.460 e. The van der Waals surface area contributed by atoms with Gasteiger partial charge in [0.05, 0.1) is 18.7 Å². The Morgan fingerprint density at radius 1 is 1.57 bits per heavy atom. The number of aromatic amines is 1. The first-order valence-corrected chi connectivity index (χ1v) is 4.27. The van der Waals surface area contributed by atoms with Crippen molar-refractivity contribution in [3.63, 3.8) is 0 Å². The highest BCUT2D eigenvalue weighted by atomic mass is 16.3. The number of H-pyrrole nitrogens is 1. The van der Waals surface area contributed by atoms with Crippen LogP contribution in [0.4, 0.5) is 0 Å². The molecule has 0 aliphatic carbocycles. The molecule has 0 fully saturated rings. The van der Waals surface area contributed by atoms with E-state index in [1.807, 2.05) is 25.1 Å². The van der Waals surface area contributed by atoms with Gasteiger partial charge in [0.1, 0.15) is 17.3 Å². The second kappa shape index (κ2) is 3.38. The van der Waals surface area contributed by atoms with Gasteiger partial charge in [-0.2, -0.15) is 5.26 Å². The van der Waals surface area contributed by atoms with Gasteiger partial charge in [-0.05, 0) is 19.1 Å². The lowest BCUT2D eigenvalue weighted by atomic mass is 10.3. The smallest absolute Gasteiger partial charge is 0.152 e. The molecule has 14 heavy (non-hydrogen) atoms. The molecule has 2 aromatic rings. The number of hydrogen-bond acceptors (Lipinski definition) is 3. The summed E-state index contributed by atoms with van der Waals surface area (Å²) in [5, 5.41) is 8.47. The number of hydrogen-bond donors (Lipinski definition) is 1. The number of nitrogens with zero attached hydrogens (tertiary/aromatic N) is 2. The van der Waals surface area contributed by atoms with Crippen LogP contribution in [0.2, 0.25) is 0 Å². The number of aromatic nitrogens is 2. The summed E-state index contributed by atoms with van der Waals surface area (Å²) in [6.07, 6.45) is 1.96. The van der Waals surface area contributed by atoms with E-state index in [0.717, 1.165) is 17.2 Å². The third-order valence-electron chi connectivity index (χ3n) is 1.88. The van der Waals surface area contributed by atoms with E-state index in [9.17, 15) is 0 Å². The molecule has 0 saturated heterocycles. The molecule has 0 aromatic carbocycles. The summed E-state index contributed by atoms with van der Waals surface area (Å²) in [5.41, 5.74) is 0.809. The fourth-order valence-electron chi connectivity index (χ4n) is 1.23. The number of rotatable bonds is 2. The van der Waals surface area contributed by atoms with E-state index in [1.54, 1.807) is 6.20 Å². The minimum atomic E-state index is 0.291. The highest BCUT2D eigenvalue weighted by Gasteiger charge is 2.05. The van der Waals surface area contributed by atoms with Gasteiger partial charge in [0.25, 0.3) is 0 Å². The third kappa shape index (κ3) is 1.52. The van der Waals surface area contributed by atoms with Crippen molar-refractivity contribution in [3.8, 4) is 17.5 Å². The molecule has 0 atom stereocenters. The third-order valence-corrected chi connectivity index (χ3v) is 1.88. The number of nitriles is 1. The van der Waals surface area contributed by atoms with E-state index < -0.39 is 0 Å². The SMILES string of the molecule is Cc1ccc(-c2cnc(CC#N)[nH]2)o1. The minimum absolute atomic E-state index is 0.291. The fourth-order valence-corrected chi connectivity index (χ4v) is 1.23. The van der Waals surface area contributed by atoms with Gasteiger partial charge < -0.3 is 9.40 Å². The van der Waals surface area contributed by atoms with Crippen molar-refractivity contribution in [2.24, 2.45) is 0 Å². The summed E-state index contributed by atoms with van der Waals surface area (Å²) in [6, 6.07) is 5.79. The van der Waals surface area contributed by atoms with Crippen molar-refractivity contribution in [1.29, 1.82) is 5.26 Å². The quantitative estimate of drug-likeness (QED) is 0.782. The molecule has 2 rings (SSSR count). The molecule has 2 aromatic heterocycles. The van der Waals surface area contributed by atoms with E-state index in [0.29, 0.717) is 12.2 Å². The molecular formula is C10H9N3O. The maximum absolute atomic E-state index is 8.47. The molecule has 0 unspecified atom stereocenters. The minimum Gasteiger partial charge on any atom is -0.460 e. The molecule has 4 nitrogen and oxygen atoms in total. The van der Waals surface area contributed by atoms with E-state index in [4.69, 9.17) is 9.68 Å². The van der Waals surface area contributed by atoms with Crippen molar-refractivity contribution >= 4 is 0 Å². The Kier molecular flexibility index (Phi) is 2.07. The van der Waals surface area contributed by atoms with Gasteiger partial charge in [0, 0.05) is 0 Å². The second-order valence-corrected chi connectivity index (χ2v) is 2.99. The normalized spacial score (nSPS) is 10.0. The molecule has 0 aliphatic heterocycles. The molecule has 0 bridgehead atoms. The Balaban J connectivity index is 2.30. The van der Waals surface area contributed by atoms with Gasteiger partial charge in [-0.15, -0.1) is 0 Å².